The molecule has 0 unspecified atom stereocenters. The van der Waals surface area contributed by atoms with Gasteiger partial charge in [0.15, 0.2) is 0 Å². The minimum absolute atomic E-state index is 0.259. The molecule has 0 bridgehead atoms. The van der Waals surface area contributed by atoms with E-state index < -0.39 is 0 Å². The molecule has 0 amide bonds. The first-order chi connectivity index (χ1) is 9.06. The fraction of sp³-hybridized carbons (Fsp3) is 0.500. The molecule has 0 fully saturated rings. The third-order valence-electron chi connectivity index (χ3n) is 3.02. The summed E-state index contributed by atoms with van der Waals surface area (Å²) in [4.78, 5) is 0. The van der Waals surface area contributed by atoms with E-state index in [1.807, 2.05) is 44.2 Å². The monoisotopic (exact) mass is 265 g/mol. The van der Waals surface area contributed by atoms with Crippen molar-refractivity contribution in [3.05, 3.63) is 30.3 Å². The Morgan fingerprint density at radius 2 is 2.00 bits per heavy atom. The van der Waals surface area contributed by atoms with Crippen LogP contribution < -0.4 is 15.8 Å². The van der Waals surface area contributed by atoms with Crippen molar-refractivity contribution in [3.63, 3.8) is 0 Å². The summed E-state index contributed by atoms with van der Waals surface area (Å²) in [7, 11) is 0. The van der Waals surface area contributed by atoms with Crippen LogP contribution in [0.15, 0.2) is 35.5 Å². The minimum Gasteiger partial charge on any atom is -0.492 e. The molecule has 0 radical (unpaired) electrons. The van der Waals surface area contributed by atoms with Gasteiger partial charge in [-0.05, 0) is 25.1 Å². The lowest BCUT2D eigenvalue weighted by molar-refractivity contribution is 0.299. The summed E-state index contributed by atoms with van der Waals surface area (Å²) < 4.78 is 5.56. The average Bonchev–Trinajstić information content (AvgIpc) is 2.42. The van der Waals surface area contributed by atoms with Crippen LogP contribution in [0.25, 0.3) is 0 Å². The molecule has 0 aliphatic carbocycles. The lowest BCUT2D eigenvalue weighted by Crippen LogP contribution is -2.35. The van der Waals surface area contributed by atoms with Gasteiger partial charge in [0.05, 0.1) is 0 Å². The van der Waals surface area contributed by atoms with E-state index >= 15 is 0 Å². The molecule has 0 saturated heterocycles. The Kier molecular flexibility index (Phi) is 6.15. The first-order valence-electron chi connectivity index (χ1n) is 6.43. The Labute approximate surface area is 114 Å². The highest BCUT2D eigenvalue weighted by molar-refractivity contribution is 5.85. The van der Waals surface area contributed by atoms with Crippen molar-refractivity contribution in [1.82, 2.24) is 5.32 Å². The fourth-order valence-corrected chi connectivity index (χ4v) is 1.55. The van der Waals surface area contributed by atoms with Gasteiger partial charge in [0, 0.05) is 12.0 Å². The number of benzene rings is 1. The number of nitrogens with two attached hydrogens (primary N) is 1. The highest BCUT2D eigenvalue weighted by Gasteiger charge is 2.22. The number of nitrogens with zero attached hydrogens (tertiary/aromatic N) is 1. The van der Waals surface area contributed by atoms with Crippen LogP contribution in [0, 0.1) is 5.41 Å². The van der Waals surface area contributed by atoms with Crippen LogP contribution >= 0.6 is 0 Å². The highest BCUT2D eigenvalue weighted by Crippen LogP contribution is 2.19. The Balaban J connectivity index is 2.12. The van der Waals surface area contributed by atoms with Gasteiger partial charge >= 0.3 is 0 Å². The molecule has 0 heterocycles. The number of rotatable bonds is 8. The number of oxime groups is 1. The normalized spacial score (nSPS) is 12.4. The molecule has 1 rings (SSSR count). The number of amidine groups is 1. The molecule has 4 N–H and O–H groups in total. The van der Waals surface area contributed by atoms with E-state index in [1.54, 1.807) is 0 Å². The van der Waals surface area contributed by atoms with E-state index in [9.17, 15) is 0 Å². The first kappa shape index (κ1) is 15.3. The van der Waals surface area contributed by atoms with Crippen LogP contribution in [0.3, 0.4) is 0 Å². The molecule has 0 aromatic heterocycles. The van der Waals surface area contributed by atoms with E-state index in [-0.39, 0.29) is 11.3 Å². The largest absolute Gasteiger partial charge is 0.492 e. The minimum atomic E-state index is -0.304. The number of nitrogens with one attached hydrogen (secondary N) is 1. The van der Waals surface area contributed by atoms with Crippen LogP contribution in [0.4, 0.5) is 0 Å². The first-order valence-corrected chi connectivity index (χ1v) is 6.43. The molecule has 0 saturated carbocycles. The number of hydrogen-bond donors (Lipinski definition) is 3. The molecule has 5 nitrogen and oxygen atoms in total. The van der Waals surface area contributed by atoms with Gasteiger partial charge in [-0.2, -0.15) is 0 Å². The molecule has 1 aromatic rings. The highest BCUT2D eigenvalue weighted by atomic mass is 16.5. The van der Waals surface area contributed by atoms with E-state index in [0.29, 0.717) is 6.61 Å². The Morgan fingerprint density at radius 3 is 2.63 bits per heavy atom. The van der Waals surface area contributed by atoms with Crippen LogP contribution in [0.1, 0.15) is 20.3 Å². The topological polar surface area (TPSA) is 79.9 Å². The Hall–Kier alpha value is -1.75. The fourth-order valence-electron chi connectivity index (χ4n) is 1.55. The summed E-state index contributed by atoms with van der Waals surface area (Å²) in [5.41, 5.74) is 5.31. The molecule has 1 aromatic carbocycles. The van der Waals surface area contributed by atoms with Gasteiger partial charge in [-0.1, -0.05) is 37.2 Å². The molecule has 0 atom stereocenters. The van der Waals surface area contributed by atoms with Gasteiger partial charge in [-0.15, -0.1) is 0 Å². The van der Waals surface area contributed by atoms with Gasteiger partial charge in [0.1, 0.15) is 18.2 Å². The molecular formula is C14H23N3O2. The zero-order valence-corrected chi connectivity index (χ0v) is 11.6. The molecule has 106 valence electrons. The van der Waals surface area contributed by atoms with Crippen LogP contribution in [-0.2, 0) is 0 Å². The molecule has 5 heteroatoms. The van der Waals surface area contributed by atoms with Crippen molar-refractivity contribution in [2.45, 2.75) is 20.3 Å². The van der Waals surface area contributed by atoms with Gasteiger partial charge < -0.3 is 21.0 Å². The van der Waals surface area contributed by atoms with Crippen LogP contribution in [0.5, 0.6) is 5.75 Å². The Bertz CT molecular complexity index is 391. The van der Waals surface area contributed by atoms with Crippen molar-refractivity contribution in [2.75, 3.05) is 19.7 Å². The second-order valence-corrected chi connectivity index (χ2v) is 5.03. The van der Waals surface area contributed by atoms with E-state index in [0.717, 1.165) is 25.3 Å². The molecule has 0 aliphatic heterocycles. The summed E-state index contributed by atoms with van der Waals surface area (Å²) in [6, 6.07) is 9.72. The van der Waals surface area contributed by atoms with Crippen molar-refractivity contribution < 1.29 is 9.94 Å². The maximum atomic E-state index is 8.66. The van der Waals surface area contributed by atoms with Crippen molar-refractivity contribution >= 4 is 5.84 Å². The Morgan fingerprint density at radius 1 is 1.32 bits per heavy atom. The van der Waals surface area contributed by atoms with Gasteiger partial charge in [0.2, 0.25) is 0 Å². The maximum Gasteiger partial charge on any atom is 0.144 e. The van der Waals surface area contributed by atoms with Gasteiger partial charge in [-0.3, -0.25) is 0 Å². The molecular weight excluding hydrogens is 242 g/mol. The van der Waals surface area contributed by atoms with Crippen LogP contribution in [-0.4, -0.2) is 30.7 Å². The zero-order valence-electron chi connectivity index (χ0n) is 11.6. The van der Waals surface area contributed by atoms with Crippen LogP contribution in [0.2, 0.25) is 0 Å². The second-order valence-electron chi connectivity index (χ2n) is 5.03. The summed E-state index contributed by atoms with van der Waals surface area (Å²) in [5, 5.41) is 15.0. The van der Waals surface area contributed by atoms with E-state index in [1.165, 1.54) is 0 Å². The summed E-state index contributed by atoms with van der Waals surface area (Å²) in [6.45, 7) is 6.07. The third-order valence-corrected chi connectivity index (χ3v) is 3.02. The van der Waals surface area contributed by atoms with Gasteiger partial charge in [0.25, 0.3) is 0 Å². The standard InChI is InChI=1S/C14H23N3O2/c1-14(2,13(15)17-18)8-9-16-10-11-19-12-6-4-3-5-7-12/h3-7,16,18H,8-11H2,1-2H3,(H2,15,17). The molecule has 0 spiro atoms. The van der Waals surface area contributed by atoms with E-state index in [4.69, 9.17) is 15.7 Å². The molecule has 0 aliphatic rings. The van der Waals surface area contributed by atoms with Crippen molar-refractivity contribution in [1.29, 1.82) is 0 Å². The predicted octanol–water partition coefficient (Wildman–Crippen LogP) is 1.82. The smallest absolute Gasteiger partial charge is 0.144 e. The average molecular weight is 265 g/mol. The SMILES string of the molecule is CC(C)(CCNCCOc1ccccc1)C(N)=NO. The second kappa shape index (κ2) is 7.63. The maximum absolute atomic E-state index is 8.66. The lowest BCUT2D eigenvalue weighted by Gasteiger charge is -2.22. The summed E-state index contributed by atoms with van der Waals surface area (Å²) >= 11 is 0. The lowest BCUT2D eigenvalue weighted by atomic mass is 9.88. The number of ether oxygens (including phenoxy) is 1. The zero-order chi connectivity index (χ0) is 14.1. The van der Waals surface area contributed by atoms with Gasteiger partial charge in [-0.25, -0.2) is 0 Å². The number of para-hydroxylation sites is 1. The summed E-state index contributed by atoms with van der Waals surface area (Å²) in [6.07, 6.45) is 0.800. The molecule has 19 heavy (non-hydrogen) atoms. The third kappa shape index (κ3) is 5.61. The summed E-state index contributed by atoms with van der Waals surface area (Å²) in [5.74, 6) is 1.14. The predicted molar refractivity (Wildman–Crippen MR) is 76.6 cm³/mol. The number of hydrogen-bond acceptors (Lipinski definition) is 4. The van der Waals surface area contributed by atoms with E-state index in [2.05, 4.69) is 10.5 Å². The van der Waals surface area contributed by atoms with Crippen molar-refractivity contribution in [3.8, 4) is 5.75 Å². The van der Waals surface area contributed by atoms with Crippen molar-refractivity contribution in [2.24, 2.45) is 16.3 Å². The quantitative estimate of drug-likeness (QED) is 0.220.